The van der Waals surface area contributed by atoms with Crippen molar-refractivity contribution in [1.82, 2.24) is 15.0 Å². The maximum absolute atomic E-state index is 11.5. The number of fused-ring (bicyclic) bond motifs is 1. The van der Waals surface area contributed by atoms with Gasteiger partial charge in [-0.3, -0.25) is 0 Å². The second-order valence-corrected chi connectivity index (χ2v) is 12.1. The first kappa shape index (κ1) is 26.8. The molecule has 2 aromatic carbocycles. The first-order valence-electron chi connectivity index (χ1n) is 11.4. The molecule has 0 aliphatic heterocycles. The third kappa shape index (κ3) is 6.02. The molecule has 190 valence electrons. The van der Waals surface area contributed by atoms with Crippen LogP contribution in [0.5, 0.6) is 5.75 Å². The highest BCUT2D eigenvalue weighted by Crippen LogP contribution is 2.38. The molecule has 0 fully saturated rings. The van der Waals surface area contributed by atoms with Crippen molar-refractivity contribution in [3.05, 3.63) is 82.3 Å². The smallest absolute Gasteiger partial charge is 0.155 e. The lowest BCUT2D eigenvalue weighted by atomic mass is 9.77. The van der Waals surface area contributed by atoms with Crippen LogP contribution in [0.4, 0.5) is 0 Å². The fourth-order valence-electron chi connectivity index (χ4n) is 3.97. The number of hydrogen-bond acceptors (Lipinski definition) is 7. The lowest BCUT2D eigenvalue weighted by molar-refractivity contribution is 0.341. The van der Waals surface area contributed by atoms with E-state index in [4.69, 9.17) is 27.9 Å². The lowest BCUT2D eigenvalue weighted by Crippen LogP contribution is -2.19. The zero-order valence-corrected chi connectivity index (χ0v) is 22.8. The molecule has 7 nitrogen and oxygen atoms in total. The molecule has 0 aliphatic rings. The predicted molar refractivity (Wildman–Crippen MR) is 146 cm³/mol. The third-order valence-corrected chi connectivity index (χ3v) is 7.21. The maximum atomic E-state index is 11.5. The molecule has 4 aromatic rings. The highest BCUT2D eigenvalue weighted by Gasteiger charge is 2.26. The number of hydrogen-bond donors (Lipinski definition) is 0. The summed E-state index contributed by atoms with van der Waals surface area (Å²) < 4.78 is 28.7. The van der Waals surface area contributed by atoms with E-state index < -0.39 is 15.3 Å². The summed E-state index contributed by atoms with van der Waals surface area (Å²) in [5.74, 6) is 0.667. The van der Waals surface area contributed by atoms with Crippen molar-refractivity contribution in [1.29, 1.82) is 5.26 Å². The van der Waals surface area contributed by atoms with Gasteiger partial charge in [-0.2, -0.15) is 5.26 Å². The number of nitriles is 1. The summed E-state index contributed by atoms with van der Waals surface area (Å²) in [4.78, 5) is 13.1. The normalized spacial score (nSPS) is 11.9. The Morgan fingerprint density at radius 2 is 1.76 bits per heavy atom. The topological polar surface area (TPSA) is 106 Å². The van der Waals surface area contributed by atoms with Crippen molar-refractivity contribution in [2.24, 2.45) is 0 Å². The Labute approximate surface area is 226 Å². The van der Waals surface area contributed by atoms with Crippen molar-refractivity contribution in [2.45, 2.75) is 25.0 Å². The van der Waals surface area contributed by atoms with Crippen LogP contribution < -0.4 is 4.74 Å². The van der Waals surface area contributed by atoms with E-state index in [1.807, 2.05) is 42.5 Å². The van der Waals surface area contributed by atoms with Gasteiger partial charge in [-0.05, 0) is 35.4 Å². The second kappa shape index (κ2) is 10.6. The number of aromatic nitrogens is 3. The molecule has 10 heteroatoms. The van der Waals surface area contributed by atoms with Gasteiger partial charge in [0.15, 0.2) is 15.6 Å². The van der Waals surface area contributed by atoms with E-state index in [0.29, 0.717) is 33.2 Å². The van der Waals surface area contributed by atoms with Crippen molar-refractivity contribution in [3.8, 4) is 23.1 Å². The third-order valence-electron chi connectivity index (χ3n) is 5.99. The first-order chi connectivity index (χ1) is 17.5. The van der Waals surface area contributed by atoms with Crippen LogP contribution in [0.2, 0.25) is 5.02 Å². The van der Waals surface area contributed by atoms with Gasteiger partial charge in [-0.1, -0.05) is 49.7 Å². The summed E-state index contributed by atoms with van der Waals surface area (Å²) in [7, 11) is -3.23. The fourth-order valence-corrected chi connectivity index (χ4v) is 4.93. The number of benzene rings is 2. The van der Waals surface area contributed by atoms with Gasteiger partial charge in [0, 0.05) is 17.2 Å². The number of halogens is 2. The maximum Gasteiger partial charge on any atom is 0.155 e. The van der Waals surface area contributed by atoms with E-state index >= 15 is 0 Å². The molecule has 0 atom stereocenters. The Balaban J connectivity index is 1.62. The highest BCUT2D eigenvalue weighted by molar-refractivity contribution is 7.89. The van der Waals surface area contributed by atoms with Crippen LogP contribution >= 0.6 is 23.2 Å². The summed E-state index contributed by atoms with van der Waals surface area (Å²) in [6.07, 6.45) is 2.69. The molecule has 4 rings (SSSR count). The molecular weight excluding hydrogens is 531 g/mol. The van der Waals surface area contributed by atoms with Crippen LogP contribution in [0.15, 0.2) is 54.7 Å². The van der Waals surface area contributed by atoms with Gasteiger partial charge in [-0.15, -0.1) is 11.6 Å². The molecule has 0 unspecified atom stereocenters. The van der Waals surface area contributed by atoms with Crippen LogP contribution in [-0.4, -0.2) is 42.1 Å². The standard InChI is InChI=1S/C27H24Cl2N4O3S/c1-27(2,20-12-18(14-30)26(21(29)13-20)36-11-10-28)19-6-4-17(5-7-19)22-8-9-23-24(32-22)15-31-25(33-23)16-37(3,34)35/h4-9,12-13,15H,10-11,16H2,1-3H3. The van der Waals surface area contributed by atoms with Crippen LogP contribution in [0.3, 0.4) is 0 Å². The fraction of sp³-hybridized carbons (Fsp3) is 0.259. The van der Waals surface area contributed by atoms with Gasteiger partial charge in [0.1, 0.15) is 29.8 Å². The van der Waals surface area contributed by atoms with E-state index in [0.717, 1.165) is 28.6 Å². The van der Waals surface area contributed by atoms with Crippen molar-refractivity contribution >= 4 is 44.1 Å². The number of ether oxygens (including phenoxy) is 1. The lowest BCUT2D eigenvalue weighted by Gasteiger charge is -2.27. The molecule has 2 aromatic heterocycles. The Hall–Kier alpha value is -3.25. The van der Waals surface area contributed by atoms with Gasteiger partial charge in [0.05, 0.1) is 33.9 Å². The van der Waals surface area contributed by atoms with Crippen molar-refractivity contribution in [3.63, 3.8) is 0 Å². The number of rotatable bonds is 8. The van der Waals surface area contributed by atoms with Gasteiger partial charge < -0.3 is 4.74 Å². The zero-order valence-electron chi connectivity index (χ0n) is 20.5. The van der Waals surface area contributed by atoms with E-state index in [-0.39, 0.29) is 18.2 Å². The number of nitrogens with zero attached hydrogens (tertiary/aromatic N) is 4. The van der Waals surface area contributed by atoms with Crippen LogP contribution in [0.1, 0.15) is 36.4 Å². The summed E-state index contributed by atoms with van der Waals surface area (Å²) in [5.41, 5.74) is 4.63. The molecule has 37 heavy (non-hydrogen) atoms. The van der Waals surface area contributed by atoms with E-state index in [2.05, 4.69) is 34.9 Å². The Bertz CT molecular complexity index is 1620. The Kier molecular flexibility index (Phi) is 7.69. The number of alkyl halides is 1. The first-order valence-corrected chi connectivity index (χ1v) is 14.3. The molecule has 0 amide bonds. The minimum atomic E-state index is -3.23. The van der Waals surface area contributed by atoms with E-state index in [9.17, 15) is 13.7 Å². The Morgan fingerprint density at radius 1 is 1.03 bits per heavy atom. The molecule has 0 N–H and O–H groups in total. The molecule has 0 bridgehead atoms. The number of sulfone groups is 1. The minimum absolute atomic E-state index is 0.216. The second-order valence-electron chi connectivity index (χ2n) is 9.14. The molecule has 0 aliphatic carbocycles. The summed E-state index contributed by atoms with van der Waals surface area (Å²) in [5, 5.41) is 10.0. The predicted octanol–water partition coefficient (Wildman–Crippen LogP) is 5.70. The average Bonchev–Trinajstić information content (AvgIpc) is 2.86. The Morgan fingerprint density at radius 3 is 2.41 bits per heavy atom. The summed E-state index contributed by atoms with van der Waals surface area (Å²) in [6, 6.07) is 17.4. The van der Waals surface area contributed by atoms with E-state index in [1.165, 1.54) is 0 Å². The van der Waals surface area contributed by atoms with E-state index in [1.54, 1.807) is 12.3 Å². The SMILES string of the molecule is CC(C)(c1ccc(-c2ccc3nc(CS(C)(=O)=O)ncc3n2)cc1)c1cc(Cl)c(OCCCl)c(C#N)c1. The molecule has 0 saturated carbocycles. The minimum Gasteiger partial charge on any atom is -0.489 e. The van der Waals surface area contributed by atoms with Crippen molar-refractivity contribution < 1.29 is 13.2 Å². The van der Waals surface area contributed by atoms with Crippen molar-refractivity contribution in [2.75, 3.05) is 18.7 Å². The van der Waals surface area contributed by atoms with Gasteiger partial charge in [0.2, 0.25) is 0 Å². The van der Waals surface area contributed by atoms with Crippen LogP contribution in [-0.2, 0) is 21.0 Å². The number of pyridine rings is 1. The monoisotopic (exact) mass is 554 g/mol. The van der Waals surface area contributed by atoms with Gasteiger partial charge in [0.25, 0.3) is 0 Å². The van der Waals surface area contributed by atoms with Gasteiger partial charge >= 0.3 is 0 Å². The van der Waals surface area contributed by atoms with Crippen LogP contribution in [0, 0.1) is 11.3 Å². The largest absolute Gasteiger partial charge is 0.489 e. The zero-order chi connectivity index (χ0) is 26.8. The molecule has 0 saturated heterocycles. The molecule has 0 radical (unpaired) electrons. The highest BCUT2D eigenvalue weighted by atomic mass is 35.5. The van der Waals surface area contributed by atoms with Gasteiger partial charge in [-0.25, -0.2) is 23.4 Å². The van der Waals surface area contributed by atoms with Crippen LogP contribution in [0.25, 0.3) is 22.3 Å². The molecular formula is C27H24Cl2N4O3S. The summed E-state index contributed by atoms with van der Waals surface area (Å²) >= 11 is 12.2. The molecule has 2 heterocycles. The molecule has 0 spiro atoms. The summed E-state index contributed by atoms with van der Waals surface area (Å²) in [6.45, 7) is 4.39. The quantitative estimate of drug-likeness (QED) is 0.257. The average molecular weight is 555 g/mol.